The Labute approximate surface area is 120 Å². The minimum absolute atomic E-state index is 0.657. The standard InChI is InChI=1S/C15H23N5/c1-13-15(17-12-16-13)11-19-8-3-2-5-14(19)6-10-20-9-4-7-18-20/h4,7,9,12,14H,2-3,5-6,8,10-11H2,1H3,(H,16,17). The third-order valence-electron chi connectivity index (χ3n) is 4.29. The molecule has 1 atom stereocenters. The summed E-state index contributed by atoms with van der Waals surface area (Å²) in [4.78, 5) is 10.2. The number of H-pyrrole nitrogens is 1. The van der Waals surface area contributed by atoms with Gasteiger partial charge in [-0.2, -0.15) is 5.10 Å². The number of piperidine rings is 1. The lowest BCUT2D eigenvalue weighted by atomic mass is 9.99. The van der Waals surface area contributed by atoms with Gasteiger partial charge in [0, 0.05) is 37.2 Å². The van der Waals surface area contributed by atoms with Gasteiger partial charge in [-0.1, -0.05) is 6.42 Å². The number of rotatable bonds is 5. The highest BCUT2D eigenvalue weighted by atomic mass is 15.3. The number of nitrogens with zero attached hydrogens (tertiary/aromatic N) is 4. The summed E-state index contributed by atoms with van der Waals surface area (Å²) in [7, 11) is 0. The Morgan fingerprint density at radius 3 is 3.10 bits per heavy atom. The predicted octanol–water partition coefficient (Wildman–Crippen LogP) is 2.36. The Hall–Kier alpha value is -1.62. The van der Waals surface area contributed by atoms with Crippen LogP contribution in [-0.4, -0.2) is 37.2 Å². The Kier molecular flexibility index (Phi) is 4.16. The first-order valence-corrected chi connectivity index (χ1v) is 7.53. The largest absolute Gasteiger partial charge is 0.348 e. The van der Waals surface area contributed by atoms with Crippen molar-refractivity contribution in [3.05, 3.63) is 36.2 Å². The van der Waals surface area contributed by atoms with Crippen LogP contribution < -0.4 is 0 Å². The smallest absolute Gasteiger partial charge is 0.0925 e. The summed E-state index contributed by atoms with van der Waals surface area (Å²) in [5, 5.41) is 4.30. The van der Waals surface area contributed by atoms with Gasteiger partial charge < -0.3 is 4.98 Å². The Bertz CT molecular complexity index is 516. The molecule has 108 valence electrons. The van der Waals surface area contributed by atoms with Crippen molar-refractivity contribution in [2.24, 2.45) is 0 Å². The quantitative estimate of drug-likeness (QED) is 0.910. The van der Waals surface area contributed by atoms with Crippen LogP contribution in [0.3, 0.4) is 0 Å². The third-order valence-corrected chi connectivity index (χ3v) is 4.29. The summed E-state index contributed by atoms with van der Waals surface area (Å²) >= 11 is 0. The van der Waals surface area contributed by atoms with E-state index in [1.54, 1.807) is 6.33 Å². The molecule has 0 aliphatic carbocycles. The summed E-state index contributed by atoms with van der Waals surface area (Å²) in [5.74, 6) is 0. The average Bonchev–Trinajstić information content (AvgIpc) is 3.11. The second-order valence-corrected chi connectivity index (χ2v) is 5.65. The zero-order chi connectivity index (χ0) is 13.8. The highest BCUT2D eigenvalue weighted by Crippen LogP contribution is 2.22. The lowest BCUT2D eigenvalue weighted by molar-refractivity contribution is 0.125. The highest BCUT2D eigenvalue weighted by Gasteiger charge is 2.23. The molecule has 0 saturated carbocycles. The summed E-state index contributed by atoms with van der Waals surface area (Å²) in [5.41, 5.74) is 2.39. The van der Waals surface area contributed by atoms with Crippen LogP contribution in [0.2, 0.25) is 0 Å². The van der Waals surface area contributed by atoms with Crippen LogP contribution in [0.4, 0.5) is 0 Å². The second kappa shape index (κ2) is 6.22. The molecule has 1 unspecified atom stereocenters. The number of nitrogens with one attached hydrogen (secondary N) is 1. The first-order chi connectivity index (χ1) is 9.83. The number of hydrogen-bond donors (Lipinski definition) is 1. The van der Waals surface area contributed by atoms with Gasteiger partial charge in [0.2, 0.25) is 0 Å². The lowest BCUT2D eigenvalue weighted by Gasteiger charge is -2.35. The molecule has 5 nitrogen and oxygen atoms in total. The number of aromatic amines is 1. The molecular formula is C15H23N5. The van der Waals surface area contributed by atoms with E-state index >= 15 is 0 Å². The van der Waals surface area contributed by atoms with E-state index in [-0.39, 0.29) is 0 Å². The van der Waals surface area contributed by atoms with E-state index in [0.29, 0.717) is 6.04 Å². The van der Waals surface area contributed by atoms with Gasteiger partial charge in [-0.05, 0) is 38.8 Å². The molecule has 1 saturated heterocycles. The molecule has 1 aliphatic rings. The van der Waals surface area contributed by atoms with Crippen molar-refractivity contribution < 1.29 is 0 Å². The van der Waals surface area contributed by atoms with Crippen molar-refractivity contribution in [3.8, 4) is 0 Å². The summed E-state index contributed by atoms with van der Waals surface area (Å²) in [6.45, 7) is 5.27. The Balaban J connectivity index is 1.60. The number of aryl methyl sites for hydroxylation is 2. The van der Waals surface area contributed by atoms with E-state index in [4.69, 9.17) is 0 Å². The van der Waals surface area contributed by atoms with Crippen molar-refractivity contribution in [1.82, 2.24) is 24.6 Å². The monoisotopic (exact) mass is 273 g/mol. The van der Waals surface area contributed by atoms with E-state index in [1.807, 2.05) is 23.1 Å². The molecule has 0 radical (unpaired) electrons. The van der Waals surface area contributed by atoms with Gasteiger partial charge in [-0.25, -0.2) is 4.98 Å². The molecule has 0 spiro atoms. The van der Waals surface area contributed by atoms with Crippen molar-refractivity contribution in [1.29, 1.82) is 0 Å². The molecule has 3 heterocycles. The molecule has 3 rings (SSSR count). The fraction of sp³-hybridized carbons (Fsp3) is 0.600. The van der Waals surface area contributed by atoms with E-state index in [9.17, 15) is 0 Å². The van der Waals surface area contributed by atoms with E-state index in [2.05, 4.69) is 26.9 Å². The first-order valence-electron chi connectivity index (χ1n) is 7.53. The van der Waals surface area contributed by atoms with Crippen LogP contribution >= 0.6 is 0 Å². The zero-order valence-electron chi connectivity index (χ0n) is 12.1. The number of hydrogen-bond acceptors (Lipinski definition) is 3. The van der Waals surface area contributed by atoms with Gasteiger partial charge in [-0.15, -0.1) is 0 Å². The summed E-state index contributed by atoms with van der Waals surface area (Å²) in [6, 6.07) is 2.65. The maximum absolute atomic E-state index is 4.44. The van der Waals surface area contributed by atoms with Gasteiger partial charge in [-0.3, -0.25) is 9.58 Å². The maximum atomic E-state index is 4.44. The van der Waals surface area contributed by atoms with Crippen LogP contribution in [0.5, 0.6) is 0 Å². The topological polar surface area (TPSA) is 49.7 Å². The van der Waals surface area contributed by atoms with Gasteiger partial charge in [0.25, 0.3) is 0 Å². The molecule has 0 amide bonds. The van der Waals surface area contributed by atoms with E-state index < -0.39 is 0 Å². The molecular weight excluding hydrogens is 250 g/mol. The van der Waals surface area contributed by atoms with E-state index in [0.717, 1.165) is 13.1 Å². The molecule has 1 fully saturated rings. The van der Waals surface area contributed by atoms with Gasteiger partial charge in [0.15, 0.2) is 0 Å². The Morgan fingerprint density at radius 1 is 1.40 bits per heavy atom. The molecule has 20 heavy (non-hydrogen) atoms. The SMILES string of the molecule is Cc1[nH]cnc1CN1CCCCC1CCn1cccn1. The summed E-state index contributed by atoms with van der Waals surface area (Å²) < 4.78 is 2.03. The highest BCUT2D eigenvalue weighted by molar-refractivity contribution is 5.08. The lowest BCUT2D eigenvalue weighted by Crippen LogP contribution is -2.39. The Morgan fingerprint density at radius 2 is 2.35 bits per heavy atom. The summed E-state index contributed by atoms with van der Waals surface area (Å²) in [6.07, 6.45) is 10.8. The van der Waals surface area contributed by atoms with Crippen LogP contribution in [0.1, 0.15) is 37.1 Å². The van der Waals surface area contributed by atoms with E-state index in [1.165, 1.54) is 43.6 Å². The fourth-order valence-corrected chi connectivity index (χ4v) is 3.05. The third kappa shape index (κ3) is 3.10. The maximum Gasteiger partial charge on any atom is 0.0925 e. The second-order valence-electron chi connectivity index (χ2n) is 5.65. The molecule has 5 heteroatoms. The van der Waals surface area contributed by atoms with Gasteiger partial charge in [0.1, 0.15) is 0 Å². The minimum Gasteiger partial charge on any atom is -0.348 e. The predicted molar refractivity (Wildman–Crippen MR) is 78.2 cm³/mol. The van der Waals surface area contributed by atoms with Gasteiger partial charge >= 0.3 is 0 Å². The van der Waals surface area contributed by atoms with Crippen molar-refractivity contribution in [2.45, 2.75) is 51.7 Å². The van der Waals surface area contributed by atoms with Crippen LogP contribution in [0.25, 0.3) is 0 Å². The van der Waals surface area contributed by atoms with Crippen molar-refractivity contribution in [3.63, 3.8) is 0 Å². The first kappa shape index (κ1) is 13.4. The minimum atomic E-state index is 0.657. The molecule has 0 bridgehead atoms. The van der Waals surface area contributed by atoms with Crippen molar-refractivity contribution in [2.75, 3.05) is 6.54 Å². The number of imidazole rings is 1. The average molecular weight is 273 g/mol. The molecule has 2 aromatic heterocycles. The van der Waals surface area contributed by atoms with Crippen molar-refractivity contribution >= 4 is 0 Å². The normalized spacial score (nSPS) is 20.4. The number of likely N-dealkylation sites (tertiary alicyclic amines) is 1. The van der Waals surface area contributed by atoms with Crippen LogP contribution in [0, 0.1) is 6.92 Å². The molecule has 1 aliphatic heterocycles. The van der Waals surface area contributed by atoms with Crippen LogP contribution in [0.15, 0.2) is 24.8 Å². The van der Waals surface area contributed by atoms with Gasteiger partial charge in [0.05, 0.1) is 12.0 Å². The number of aromatic nitrogens is 4. The molecule has 1 N–H and O–H groups in total. The molecule has 0 aromatic carbocycles. The van der Waals surface area contributed by atoms with Crippen LogP contribution in [-0.2, 0) is 13.1 Å². The fourth-order valence-electron chi connectivity index (χ4n) is 3.05. The molecule has 2 aromatic rings. The zero-order valence-corrected chi connectivity index (χ0v) is 12.1.